The van der Waals surface area contributed by atoms with E-state index in [0.717, 1.165) is 10.0 Å². The smallest absolute Gasteiger partial charge is 0.255 e. The number of hydrogen-bond donors (Lipinski definition) is 1. The first-order valence-corrected chi connectivity index (χ1v) is 6.11. The van der Waals surface area contributed by atoms with Crippen LogP contribution in [-0.4, -0.2) is 18.6 Å². The molecule has 0 radical (unpaired) electrons. The van der Waals surface area contributed by atoms with Gasteiger partial charge in [0.25, 0.3) is 5.91 Å². The summed E-state index contributed by atoms with van der Waals surface area (Å²) in [6.45, 7) is 4.26. The van der Waals surface area contributed by atoms with Gasteiger partial charge >= 0.3 is 0 Å². The summed E-state index contributed by atoms with van der Waals surface area (Å²) in [6, 6.07) is 1.74. The number of carbonyl (C=O) groups excluding carboxylic acids is 1. The molecule has 2 rings (SSSR count). The van der Waals surface area contributed by atoms with E-state index in [0.29, 0.717) is 22.9 Å². The van der Waals surface area contributed by atoms with E-state index in [2.05, 4.69) is 21.2 Å². The molecule has 1 aromatic carbocycles. The van der Waals surface area contributed by atoms with Crippen LogP contribution in [0.2, 0.25) is 5.02 Å². The molecule has 1 amide bonds. The van der Waals surface area contributed by atoms with Crippen molar-refractivity contribution < 1.29 is 9.53 Å². The van der Waals surface area contributed by atoms with Crippen molar-refractivity contribution in [1.29, 1.82) is 0 Å². The third kappa shape index (κ3) is 1.92. The summed E-state index contributed by atoms with van der Waals surface area (Å²) >= 11 is 9.56. The largest absolute Gasteiger partial charge is 0.486 e. The SMILES string of the molecule is Cc1c(Br)cc2c(c1Cl)O[C@@H](C)CNC2=O. The van der Waals surface area contributed by atoms with Crippen molar-refractivity contribution in [3.63, 3.8) is 0 Å². The fourth-order valence-electron chi connectivity index (χ4n) is 1.55. The summed E-state index contributed by atoms with van der Waals surface area (Å²) < 4.78 is 6.47. The second kappa shape index (κ2) is 4.26. The molecule has 0 fully saturated rings. The standard InChI is InChI=1S/C11H11BrClNO2/c1-5-4-14-11(15)7-3-8(12)6(2)9(13)10(7)16-5/h3,5H,4H2,1-2H3,(H,14,15)/t5-/m0/s1. The topological polar surface area (TPSA) is 38.3 Å². The maximum Gasteiger partial charge on any atom is 0.255 e. The average Bonchev–Trinajstić information content (AvgIpc) is 2.38. The number of nitrogens with one attached hydrogen (secondary N) is 1. The van der Waals surface area contributed by atoms with Crippen LogP contribution in [-0.2, 0) is 0 Å². The van der Waals surface area contributed by atoms with Crippen LogP contribution in [0.5, 0.6) is 5.75 Å². The lowest BCUT2D eigenvalue weighted by Crippen LogP contribution is -2.29. The van der Waals surface area contributed by atoms with E-state index in [1.807, 2.05) is 13.8 Å². The Morgan fingerprint density at radius 2 is 2.31 bits per heavy atom. The van der Waals surface area contributed by atoms with Crippen LogP contribution < -0.4 is 10.1 Å². The lowest BCUT2D eigenvalue weighted by atomic mass is 10.1. The van der Waals surface area contributed by atoms with Gasteiger partial charge in [0.05, 0.1) is 17.1 Å². The molecule has 86 valence electrons. The molecule has 3 nitrogen and oxygen atoms in total. The van der Waals surface area contributed by atoms with Crippen LogP contribution in [0, 0.1) is 6.92 Å². The van der Waals surface area contributed by atoms with Gasteiger partial charge in [-0.3, -0.25) is 4.79 Å². The molecule has 16 heavy (non-hydrogen) atoms. The molecule has 0 aromatic heterocycles. The lowest BCUT2D eigenvalue weighted by molar-refractivity contribution is 0.0952. The zero-order valence-electron chi connectivity index (χ0n) is 8.93. The molecular weight excluding hydrogens is 293 g/mol. The van der Waals surface area contributed by atoms with Gasteiger partial charge in [-0.2, -0.15) is 0 Å². The van der Waals surface area contributed by atoms with Crippen molar-refractivity contribution in [3.8, 4) is 5.75 Å². The quantitative estimate of drug-likeness (QED) is 0.800. The molecule has 0 saturated carbocycles. The fourth-order valence-corrected chi connectivity index (χ4v) is 2.34. The van der Waals surface area contributed by atoms with Gasteiger partial charge in [0.1, 0.15) is 6.10 Å². The van der Waals surface area contributed by atoms with Gasteiger partial charge in [-0.25, -0.2) is 0 Å². The predicted molar refractivity (Wildman–Crippen MR) is 66.3 cm³/mol. The van der Waals surface area contributed by atoms with Gasteiger partial charge in [0.15, 0.2) is 5.75 Å². The summed E-state index contributed by atoms with van der Waals surface area (Å²) in [5.41, 5.74) is 1.36. The molecule has 1 N–H and O–H groups in total. The highest BCUT2D eigenvalue weighted by Crippen LogP contribution is 2.37. The predicted octanol–water partition coefficient (Wildman–Crippen LogP) is 2.92. The van der Waals surface area contributed by atoms with Crippen molar-refractivity contribution in [2.45, 2.75) is 20.0 Å². The van der Waals surface area contributed by atoms with Gasteiger partial charge in [-0.05, 0) is 25.5 Å². The van der Waals surface area contributed by atoms with Crippen LogP contribution in [0.15, 0.2) is 10.5 Å². The van der Waals surface area contributed by atoms with Crippen molar-refractivity contribution in [2.75, 3.05) is 6.54 Å². The number of amides is 1. The maximum atomic E-state index is 11.8. The molecule has 5 heteroatoms. The van der Waals surface area contributed by atoms with E-state index in [1.165, 1.54) is 0 Å². The average molecular weight is 305 g/mol. The molecule has 0 aliphatic carbocycles. The fraction of sp³-hybridized carbons (Fsp3) is 0.364. The molecule has 1 aliphatic rings. The van der Waals surface area contributed by atoms with Crippen molar-refractivity contribution in [1.82, 2.24) is 5.32 Å². The summed E-state index contributed by atoms with van der Waals surface area (Å²) in [6.07, 6.45) is -0.0803. The summed E-state index contributed by atoms with van der Waals surface area (Å²) in [4.78, 5) is 11.8. The molecular formula is C11H11BrClNO2. The second-order valence-electron chi connectivity index (χ2n) is 3.81. The van der Waals surface area contributed by atoms with E-state index in [9.17, 15) is 4.79 Å². The highest BCUT2D eigenvalue weighted by molar-refractivity contribution is 9.10. The van der Waals surface area contributed by atoms with E-state index in [1.54, 1.807) is 6.07 Å². The van der Waals surface area contributed by atoms with Gasteiger partial charge in [0.2, 0.25) is 0 Å². The molecule has 0 saturated heterocycles. The molecule has 1 heterocycles. The minimum atomic E-state index is -0.151. The summed E-state index contributed by atoms with van der Waals surface area (Å²) in [5, 5.41) is 3.27. The van der Waals surface area contributed by atoms with Crippen LogP contribution in [0.25, 0.3) is 0 Å². The van der Waals surface area contributed by atoms with E-state index in [4.69, 9.17) is 16.3 Å². The Morgan fingerprint density at radius 1 is 1.62 bits per heavy atom. The molecule has 0 spiro atoms. The zero-order valence-corrected chi connectivity index (χ0v) is 11.3. The second-order valence-corrected chi connectivity index (χ2v) is 5.04. The van der Waals surface area contributed by atoms with Crippen molar-refractivity contribution >= 4 is 33.4 Å². The minimum Gasteiger partial charge on any atom is -0.486 e. The first-order valence-electron chi connectivity index (χ1n) is 4.94. The normalized spacial score (nSPS) is 19.5. The van der Waals surface area contributed by atoms with Gasteiger partial charge in [-0.1, -0.05) is 27.5 Å². The van der Waals surface area contributed by atoms with Crippen LogP contribution >= 0.6 is 27.5 Å². The third-order valence-electron chi connectivity index (χ3n) is 2.52. The Bertz CT molecular complexity index is 462. The Balaban J connectivity index is 2.64. The number of rotatable bonds is 0. The first kappa shape index (κ1) is 11.7. The Hall–Kier alpha value is -0.740. The monoisotopic (exact) mass is 303 g/mol. The van der Waals surface area contributed by atoms with Crippen LogP contribution in [0.4, 0.5) is 0 Å². The summed E-state index contributed by atoms with van der Waals surface area (Å²) in [7, 11) is 0. The molecule has 1 aromatic rings. The van der Waals surface area contributed by atoms with Crippen LogP contribution in [0.1, 0.15) is 22.8 Å². The number of benzene rings is 1. The van der Waals surface area contributed by atoms with E-state index < -0.39 is 0 Å². The Labute approximate surface area is 107 Å². The number of fused-ring (bicyclic) bond motifs is 1. The van der Waals surface area contributed by atoms with Gasteiger partial charge in [0, 0.05) is 4.47 Å². The number of carbonyl (C=O) groups is 1. The molecule has 1 aliphatic heterocycles. The molecule has 1 atom stereocenters. The maximum absolute atomic E-state index is 11.8. The highest BCUT2D eigenvalue weighted by atomic mass is 79.9. The van der Waals surface area contributed by atoms with Crippen molar-refractivity contribution in [2.24, 2.45) is 0 Å². The Morgan fingerprint density at radius 3 is 3.00 bits per heavy atom. The number of halogens is 2. The summed E-state index contributed by atoms with van der Waals surface area (Å²) in [5.74, 6) is 0.326. The van der Waals surface area contributed by atoms with E-state index >= 15 is 0 Å². The van der Waals surface area contributed by atoms with Crippen molar-refractivity contribution in [3.05, 3.63) is 26.7 Å². The number of hydrogen-bond acceptors (Lipinski definition) is 2. The minimum absolute atomic E-state index is 0.0803. The zero-order chi connectivity index (χ0) is 11.9. The highest BCUT2D eigenvalue weighted by Gasteiger charge is 2.24. The van der Waals surface area contributed by atoms with Gasteiger partial charge < -0.3 is 10.1 Å². The third-order valence-corrected chi connectivity index (χ3v) is 3.80. The van der Waals surface area contributed by atoms with E-state index in [-0.39, 0.29) is 12.0 Å². The first-order chi connectivity index (χ1) is 7.50. The van der Waals surface area contributed by atoms with Gasteiger partial charge in [-0.15, -0.1) is 0 Å². The number of ether oxygens (including phenoxy) is 1. The molecule has 0 bridgehead atoms. The van der Waals surface area contributed by atoms with Crippen LogP contribution in [0.3, 0.4) is 0 Å². The Kier molecular flexibility index (Phi) is 3.13. The molecule has 0 unspecified atom stereocenters. The lowest BCUT2D eigenvalue weighted by Gasteiger charge is -2.14.